The van der Waals surface area contributed by atoms with Gasteiger partial charge in [-0.3, -0.25) is 9.69 Å². The quantitative estimate of drug-likeness (QED) is 0.863. The van der Waals surface area contributed by atoms with E-state index in [1.807, 2.05) is 6.07 Å². The van der Waals surface area contributed by atoms with Crippen LogP contribution in [0.25, 0.3) is 0 Å². The maximum atomic E-state index is 12.9. The van der Waals surface area contributed by atoms with Crippen molar-refractivity contribution in [3.05, 3.63) is 29.3 Å². The highest BCUT2D eigenvalue weighted by atomic mass is 16.1. The zero-order valence-corrected chi connectivity index (χ0v) is 13.4. The van der Waals surface area contributed by atoms with Crippen LogP contribution in [0.15, 0.2) is 18.2 Å². The van der Waals surface area contributed by atoms with Gasteiger partial charge in [-0.1, -0.05) is 6.42 Å². The summed E-state index contributed by atoms with van der Waals surface area (Å²) in [4.78, 5) is 15.3. The number of hydrogen-bond acceptors (Lipinski definition) is 3. The van der Waals surface area contributed by atoms with Gasteiger partial charge in [0, 0.05) is 29.9 Å². The number of nitrogens with zero attached hydrogens (tertiary/aromatic N) is 1. The van der Waals surface area contributed by atoms with Crippen molar-refractivity contribution in [3.8, 4) is 0 Å². The van der Waals surface area contributed by atoms with Gasteiger partial charge in [-0.25, -0.2) is 0 Å². The van der Waals surface area contributed by atoms with Crippen molar-refractivity contribution in [1.82, 2.24) is 4.90 Å². The fourth-order valence-electron chi connectivity index (χ4n) is 4.04. The number of hydrogen-bond donors (Lipinski definition) is 1. The monoisotopic (exact) mass is 286 g/mol. The minimum absolute atomic E-state index is 0.0253. The van der Waals surface area contributed by atoms with Crippen LogP contribution in [-0.4, -0.2) is 35.4 Å². The van der Waals surface area contributed by atoms with Gasteiger partial charge in [0.2, 0.25) is 0 Å². The van der Waals surface area contributed by atoms with E-state index in [-0.39, 0.29) is 11.8 Å². The molecule has 0 aliphatic carbocycles. The third-order valence-electron chi connectivity index (χ3n) is 5.19. The smallest absolute Gasteiger partial charge is 0.179 e. The highest BCUT2D eigenvalue weighted by Crippen LogP contribution is 2.28. The van der Waals surface area contributed by atoms with E-state index in [1.165, 1.54) is 30.5 Å². The molecule has 0 amide bonds. The Bertz CT molecular complexity index is 530. The summed E-state index contributed by atoms with van der Waals surface area (Å²) in [5, 5.41) is 3.35. The lowest BCUT2D eigenvalue weighted by molar-refractivity contribution is 0.0494. The second-order valence-corrected chi connectivity index (χ2v) is 6.67. The number of carbonyl (C=O) groups excluding carboxylic acids is 1. The molecule has 0 bridgehead atoms. The molecule has 21 heavy (non-hydrogen) atoms. The average molecular weight is 286 g/mol. The maximum absolute atomic E-state index is 12.9. The topological polar surface area (TPSA) is 32.3 Å². The van der Waals surface area contributed by atoms with Crippen molar-refractivity contribution in [2.75, 3.05) is 11.9 Å². The molecule has 1 aromatic rings. The van der Waals surface area contributed by atoms with Crippen LogP contribution in [0, 0.1) is 0 Å². The van der Waals surface area contributed by atoms with Gasteiger partial charge in [0.05, 0.1) is 6.04 Å². The molecular formula is C18H26N2O. The number of benzene rings is 1. The molecule has 2 aliphatic heterocycles. The molecule has 1 saturated heterocycles. The summed E-state index contributed by atoms with van der Waals surface area (Å²) >= 11 is 0. The minimum atomic E-state index is -0.0253. The highest BCUT2D eigenvalue weighted by Gasteiger charge is 2.32. The summed E-state index contributed by atoms with van der Waals surface area (Å²) < 4.78 is 0. The Kier molecular flexibility index (Phi) is 4.03. The highest BCUT2D eigenvalue weighted by molar-refractivity contribution is 6.00. The van der Waals surface area contributed by atoms with Crippen LogP contribution in [0.2, 0.25) is 0 Å². The normalized spacial score (nSPS) is 27.0. The summed E-state index contributed by atoms with van der Waals surface area (Å²) in [5.74, 6) is 0.269. The molecule has 1 aromatic carbocycles. The lowest BCUT2D eigenvalue weighted by atomic mass is 9.92. The van der Waals surface area contributed by atoms with Gasteiger partial charge in [0.25, 0.3) is 0 Å². The first-order valence-electron chi connectivity index (χ1n) is 8.26. The van der Waals surface area contributed by atoms with Gasteiger partial charge in [-0.05, 0) is 63.8 Å². The summed E-state index contributed by atoms with van der Waals surface area (Å²) in [7, 11) is 0. The Morgan fingerprint density at radius 3 is 2.71 bits per heavy atom. The molecule has 0 aromatic heterocycles. The predicted octanol–water partition coefficient (Wildman–Crippen LogP) is 3.49. The van der Waals surface area contributed by atoms with Gasteiger partial charge in [-0.2, -0.15) is 0 Å². The van der Waals surface area contributed by atoms with E-state index in [9.17, 15) is 4.79 Å². The zero-order valence-electron chi connectivity index (χ0n) is 13.4. The van der Waals surface area contributed by atoms with Crippen molar-refractivity contribution < 1.29 is 4.79 Å². The molecule has 0 radical (unpaired) electrons. The first-order chi connectivity index (χ1) is 10.1. The lowest BCUT2D eigenvalue weighted by Gasteiger charge is -2.42. The lowest BCUT2D eigenvalue weighted by Crippen LogP contribution is -2.51. The predicted molar refractivity (Wildman–Crippen MR) is 87.0 cm³/mol. The molecule has 3 unspecified atom stereocenters. The SMILES string of the molecule is CC1CCCC(C)N1C(C)C(=O)c1ccc2c(c1)CCN2. The van der Waals surface area contributed by atoms with Gasteiger partial charge < -0.3 is 5.32 Å². The van der Waals surface area contributed by atoms with Crippen molar-refractivity contribution in [2.24, 2.45) is 0 Å². The average Bonchev–Trinajstić information content (AvgIpc) is 2.93. The van der Waals surface area contributed by atoms with Crippen LogP contribution in [0.4, 0.5) is 5.69 Å². The van der Waals surface area contributed by atoms with Crippen molar-refractivity contribution in [3.63, 3.8) is 0 Å². The molecule has 2 aliphatic rings. The number of rotatable bonds is 3. The van der Waals surface area contributed by atoms with Crippen LogP contribution in [0.5, 0.6) is 0 Å². The molecule has 3 atom stereocenters. The summed E-state index contributed by atoms with van der Waals surface area (Å²) in [6, 6.07) is 7.11. The third-order valence-corrected chi connectivity index (χ3v) is 5.19. The molecule has 0 spiro atoms. The van der Waals surface area contributed by atoms with Gasteiger partial charge in [0.1, 0.15) is 0 Å². The van der Waals surface area contributed by atoms with E-state index in [2.05, 4.69) is 43.1 Å². The Balaban J connectivity index is 1.80. The number of fused-ring (bicyclic) bond motifs is 1. The third kappa shape index (κ3) is 2.71. The number of nitrogens with one attached hydrogen (secondary N) is 1. The van der Waals surface area contributed by atoms with Crippen LogP contribution < -0.4 is 5.32 Å². The zero-order chi connectivity index (χ0) is 15.0. The molecule has 1 N–H and O–H groups in total. The number of piperidine rings is 1. The Labute approximate surface area is 127 Å². The number of anilines is 1. The number of ketones is 1. The first kappa shape index (κ1) is 14.6. The fraction of sp³-hybridized carbons (Fsp3) is 0.611. The Morgan fingerprint density at radius 1 is 1.29 bits per heavy atom. The molecule has 0 saturated carbocycles. The van der Waals surface area contributed by atoms with Crippen molar-refractivity contribution in [1.29, 1.82) is 0 Å². The van der Waals surface area contributed by atoms with Crippen molar-refractivity contribution in [2.45, 2.75) is 64.6 Å². The van der Waals surface area contributed by atoms with Crippen LogP contribution >= 0.6 is 0 Å². The Morgan fingerprint density at radius 2 is 2.00 bits per heavy atom. The van der Waals surface area contributed by atoms with E-state index in [4.69, 9.17) is 0 Å². The molecule has 3 rings (SSSR count). The minimum Gasteiger partial charge on any atom is -0.384 e. The molecular weight excluding hydrogens is 260 g/mol. The van der Waals surface area contributed by atoms with Crippen LogP contribution in [-0.2, 0) is 6.42 Å². The van der Waals surface area contributed by atoms with Gasteiger partial charge >= 0.3 is 0 Å². The van der Waals surface area contributed by atoms with E-state index in [1.54, 1.807) is 0 Å². The van der Waals surface area contributed by atoms with E-state index < -0.39 is 0 Å². The second kappa shape index (κ2) is 5.80. The Hall–Kier alpha value is -1.35. The second-order valence-electron chi connectivity index (χ2n) is 6.67. The van der Waals surface area contributed by atoms with Crippen LogP contribution in [0.1, 0.15) is 56.0 Å². The number of likely N-dealkylation sites (tertiary alicyclic amines) is 1. The summed E-state index contributed by atoms with van der Waals surface area (Å²) in [5.41, 5.74) is 3.35. The molecule has 3 heteroatoms. The first-order valence-corrected chi connectivity index (χ1v) is 8.26. The van der Waals surface area contributed by atoms with Gasteiger partial charge in [-0.15, -0.1) is 0 Å². The van der Waals surface area contributed by atoms with E-state index in [0.717, 1.165) is 18.5 Å². The molecule has 1 fully saturated rings. The molecule has 3 nitrogen and oxygen atoms in total. The number of carbonyl (C=O) groups is 1. The standard InChI is InChI=1S/C18H26N2O/c1-12-5-4-6-13(2)20(12)14(3)18(21)16-7-8-17-15(11-16)9-10-19-17/h7-8,11-14,19H,4-6,9-10H2,1-3H3. The van der Waals surface area contributed by atoms with E-state index in [0.29, 0.717) is 12.1 Å². The number of Topliss-reactive ketones (excluding diaryl/α,β-unsaturated/α-hetero) is 1. The van der Waals surface area contributed by atoms with Crippen LogP contribution in [0.3, 0.4) is 0 Å². The molecule has 114 valence electrons. The van der Waals surface area contributed by atoms with E-state index >= 15 is 0 Å². The molecule has 2 heterocycles. The fourth-order valence-corrected chi connectivity index (χ4v) is 4.04. The maximum Gasteiger partial charge on any atom is 0.179 e. The summed E-state index contributed by atoms with van der Waals surface area (Å²) in [6.07, 6.45) is 4.72. The van der Waals surface area contributed by atoms with Gasteiger partial charge in [0.15, 0.2) is 5.78 Å². The summed E-state index contributed by atoms with van der Waals surface area (Å²) in [6.45, 7) is 7.58. The largest absolute Gasteiger partial charge is 0.384 e. The van der Waals surface area contributed by atoms with Crippen molar-refractivity contribution >= 4 is 11.5 Å².